The summed E-state index contributed by atoms with van der Waals surface area (Å²) in [6, 6.07) is 7.67. The van der Waals surface area contributed by atoms with Crippen LogP contribution in [0.4, 0.5) is 4.79 Å². The zero-order valence-electron chi connectivity index (χ0n) is 26.4. The number of imidazole rings is 1. The fourth-order valence-electron chi connectivity index (χ4n) is 6.75. The molecule has 2 aliphatic carbocycles. The highest BCUT2D eigenvalue weighted by Crippen LogP contribution is 2.57. The number of aryl methyl sites for hydroxylation is 1. The smallest absolute Gasteiger partial charge is 0.410 e. The molecule has 238 valence electrons. The molecule has 11 nitrogen and oxygen atoms in total. The van der Waals surface area contributed by atoms with E-state index in [4.69, 9.17) is 19.2 Å². The van der Waals surface area contributed by atoms with Crippen LogP contribution in [-0.4, -0.2) is 107 Å². The molecule has 3 heterocycles. The maximum absolute atomic E-state index is 14.5. The number of carbonyl (C=O) groups excluding carboxylic acids is 3. The molecule has 4 aliphatic rings. The second-order valence-corrected chi connectivity index (χ2v) is 13.7. The number of benzene rings is 1. The lowest BCUT2D eigenvalue weighted by atomic mass is 9.85. The lowest BCUT2D eigenvalue weighted by Crippen LogP contribution is -2.54. The van der Waals surface area contributed by atoms with Crippen molar-refractivity contribution in [1.29, 1.82) is 0 Å². The SMILES string of the molecule is COCCCn1c(C(=O)N(C=C2CC2)C2CC23C[C@@H](C(=O)N2CCOCC2)CN(C(=O)OC(C)(C)C)C3)nc2ccccc21. The largest absolute Gasteiger partial charge is 0.444 e. The Morgan fingerprint density at radius 2 is 1.86 bits per heavy atom. The summed E-state index contributed by atoms with van der Waals surface area (Å²) in [4.78, 5) is 51.9. The first-order valence-corrected chi connectivity index (χ1v) is 15.9. The number of hydrogen-bond donors (Lipinski definition) is 0. The first-order chi connectivity index (χ1) is 21.1. The van der Waals surface area contributed by atoms with Gasteiger partial charge in [0.1, 0.15) is 5.60 Å². The molecule has 1 spiro atoms. The van der Waals surface area contributed by atoms with Gasteiger partial charge in [-0.3, -0.25) is 9.59 Å². The van der Waals surface area contributed by atoms with Crippen molar-refractivity contribution < 1.29 is 28.6 Å². The zero-order chi connectivity index (χ0) is 31.1. The van der Waals surface area contributed by atoms with Crippen LogP contribution in [-0.2, 0) is 25.5 Å². The van der Waals surface area contributed by atoms with E-state index in [1.54, 1.807) is 12.0 Å². The van der Waals surface area contributed by atoms with E-state index in [9.17, 15) is 14.4 Å². The van der Waals surface area contributed by atoms with Crippen LogP contribution < -0.4 is 0 Å². The number of likely N-dealkylation sites (tertiary alicyclic amines) is 1. The number of allylic oxidation sites excluding steroid dienone is 1. The molecule has 2 aromatic rings. The van der Waals surface area contributed by atoms with Gasteiger partial charge in [-0.15, -0.1) is 0 Å². The second-order valence-electron chi connectivity index (χ2n) is 13.7. The number of amides is 3. The molecule has 1 aromatic heterocycles. The highest BCUT2D eigenvalue weighted by molar-refractivity contribution is 5.96. The number of aromatic nitrogens is 2. The van der Waals surface area contributed by atoms with Crippen molar-refractivity contribution in [3.63, 3.8) is 0 Å². The van der Waals surface area contributed by atoms with Gasteiger partial charge in [0.2, 0.25) is 11.7 Å². The molecule has 2 saturated heterocycles. The number of ether oxygens (including phenoxy) is 3. The zero-order valence-corrected chi connectivity index (χ0v) is 26.4. The molecule has 4 fully saturated rings. The Morgan fingerprint density at radius 1 is 1.11 bits per heavy atom. The van der Waals surface area contributed by atoms with Crippen molar-refractivity contribution in [2.24, 2.45) is 11.3 Å². The molecule has 3 amide bonds. The Balaban J connectivity index is 1.31. The fourth-order valence-corrected chi connectivity index (χ4v) is 6.75. The van der Waals surface area contributed by atoms with Crippen LogP contribution in [0, 0.1) is 11.3 Å². The number of carbonyl (C=O) groups is 3. The van der Waals surface area contributed by atoms with Gasteiger partial charge in [-0.2, -0.15) is 0 Å². The monoisotopic (exact) mass is 607 g/mol. The van der Waals surface area contributed by atoms with E-state index in [1.165, 1.54) is 5.57 Å². The van der Waals surface area contributed by atoms with Crippen LogP contribution in [0.15, 0.2) is 36.0 Å². The fraction of sp³-hybridized carbons (Fsp3) is 0.636. The molecule has 11 heteroatoms. The van der Waals surface area contributed by atoms with Crippen LogP contribution in [0.3, 0.4) is 0 Å². The van der Waals surface area contributed by atoms with Gasteiger partial charge < -0.3 is 33.5 Å². The molecular weight excluding hydrogens is 562 g/mol. The van der Waals surface area contributed by atoms with Crippen LogP contribution in [0.2, 0.25) is 0 Å². The van der Waals surface area contributed by atoms with Gasteiger partial charge in [0, 0.05) is 64.1 Å². The summed E-state index contributed by atoms with van der Waals surface area (Å²) < 4.78 is 18.6. The van der Waals surface area contributed by atoms with Crippen molar-refractivity contribution in [3.05, 3.63) is 41.9 Å². The highest BCUT2D eigenvalue weighted by atomic mass is 16.6. The molecule has 0 N–H and O–H groups in total. The third-order valence-electron chi connectivity index (χ3n) is 9.08. The molecule has 2 aliphatic heterocycles. The molecule has 2 unspecified atom stereocenters. The summed E-state index contributed by atoms with van der Waals surface area (Å²) in [5, 5.41) is 0. The molecule has 0 bridgehead atoms. The Hall–Kier alpha value is -3.44. The molecule has 2 saturated carbocycles. The predicted octanol–water partition coefficient (Wildman–Crippen LogP) is 4.07. The van der Waals surface area contributed by atoms with Gasteiger partial charge in [0.05, 0.1) is 30.2 Å². The van der Waals surface area contributed by atoms with Crippen molar-refractivity contribution in [2.45, 2.75) is 71.1 Å². The average molecular weight is 608 g/mol. The van der Waals surface area contributed by atoms with Crippen LogP contribution in [0.5, 0.6) is 0 Å². The van der Waals surface area contributed by atoms with E-state index in [1.807, 2.05) is 65.6 Å². The summed E-state index contributed by atoms with van der Waals surface area (Å²) in [5.74, 6) is -0.0681. The van der Waals surface area contributed by atoms with Gasteiger partial charge in [-0.05, 0) is 65.0 Å². The number of rotatable bonds is 8. The third kappa shape index (κ3) is 6.49. The minimum Gasteiger partial charge on any atom is -0.444 e. The first kappa shape index (κ1) is 30.6. The number of methoxy groups -OCH3 is 1. The van der Waals surface area contributed by atoms with Crippen LogP contribution in [0.25, 0.3) is 11.0 Å². The molecule has 1 aromatic carbocycles. The lowest BCUT2D eigenvalue weighted by Gasteiger charge is -2.41. The first-order valence-electron chi connectivity index (χ1n) is 15.9. The van der Waals surface area contributed by atoms with E-state index >= 15 is 0 Å². The molecule has 44 heavy (non-hydrogen) atoms. The normalized spacial score (nSPS) is 24.9. The maximum Gasteiger partial charge on any atom is 0.410 e. The number of piperidine rings is 1. The van der Waals surface area contributed by atoms with E-state index < -0.39 is 17.1 Å². The minimum absolute atomic E-state index is 0.0462. The lowest BCUT2D eigenvalue weighted by molar-refractivity contribution is -0.142. The number of morpholine rings is 1. The van der Waals surface area contributed by atoms with Gasteiger partial charge in [0.15, 0.2) is 0 Å². The molecule has 6 rings (SSSR count). The van der Waals surface area contributed by atoms with E-state index in [2.05, 4.69) is 0 Å². The van der Waals surface area contributed by atoms with Gasteiger partial charge in [0.25, 0.3) is 5.91 Å². The molecule has 3 atom stereocenters. The van der Waals surface area contributed by atoms with Gasteiger partial charge in [-0.1, -0.05) is 17.7 Å². The standard InChI is InChI=1S/C33H45N5O6/c1-32(2,3)44-31(41)36-21-24(29(39)35-13-16-43-17-14-35)18-33(22-36)19-27(33)38(20-23-10-11-23)30(40)28-34-25-8-5-6-9-26(25)37(28)12-7-15-42-4/h5-6,8-9,20,24,27H,7,10-19,21-22H2,1-4H3/t24-,27?,33?/m1/s1. The minimum atomic E-state index is -0.658. The summed E-state index contributed by atoms with van der Waals surface area (Å²) in [6.45, 7) is 9.62. The Morgan fingerprint density at radius 3 is 2.57 bits per heavy atom. The summed E-state index contributed by atoms with van der Waals surface area (Å²) >= 11 is 0. The number of fused-ring (bicyclic) bond motifs is 1. The van der Waals surface area contributed by atoms with E-state index in [0.29, 0.717) is 71.2 Å². The van der Waals surface area contributed by atoms with Crippen molar-refractivity contribution in [1.82, 2.24) is 24.3 Å². The maximum atomic E-state index is 14.5. The van der Waals surface area contributed by atoms with Crippen molar-refractivity contribution >= 4 is 28.9 Å². The molecule has 0 radical (unpaired) electrons. The van der Waals surface area contributed by atoms with Gasteiger partial charge in [-0.25, -0.2) is 9.78 Å². The molecular formula is C33H45N5O6. The van der Waals surface area contributed by atoms with E-state index in [0.717, 1.165) is 30.3 Å². The van der Waals surface area contributed by atoms with Crippen molar-refractivity contribution in [3.8, 4) is 0 Å². The van der Waals surface area contributed by atoms with Gasteiger partial charge >= 0.3 is 6.09 Å². The topological polar surface area (TPSA) is 106 Å². The van der Waals surface area contributed by atoms with E-state index in [-0.39, 0.29) is 23.8 Å². The Labute approximate surface area is 259 Å². The predicted molar refractivity (Wildman–Crippen MR) is 164 cm³/mol. The summed E-state index contributed by atoms with van der Waals surface area (Å²) in [5.41, 5.74) is 1.86. The quantitative estimate of drug-likeness (QED) is 0.417. The summed E-state index contributed by atoms with van der Waals surface area (Å²) in [6.07, 6.45) is 5.60. The van der Waals surface area contributed by atoms with Crippen LogP contribution in [0.1, 0.15) is 63.5 Å². The number of para-hydroxylation sites is 2. The van der Waals surface area contributed by atoms with Crippen LogP contribution >= 0.6 is 0 Å². The van der Waals surface area contributed by atoms with Crippen molar-refractivity contribution in [2.75, 3.05) is 53.1 Å². The average Bonchev–Trinajstić information content (AvgIpc) is 3.92. The summed E-state index contributed by atoms with van der Waals surface area (Å²) in [7, 11) is 1.68. The number of hydrogen-bond acceptors (Lipinski definition) is 7. The highest BCUT2D eigenvalue weighted by Gasteiger charge is 2.63. The Bertz CT molecular complexity index is 1430. The number of nitrogens with zero attached hydrogens (tertiary/aromatic N) is 5. The Kier molecular flexibility index (Phi) is 8.45. The third-order valence-corrected chi connectivity index (χ3v) is 9.08. The second kappa shape index (κ2) is 12.2.